The molecule has 0 aromatic rings. The van der Waals surface area contributed by atoms with Crippen molar-refractivity contribution in [3.8, 4) is 0 Å². The summed E-state index contributed by atoms with van der Waals surface area (Å²) in [5, 5.41) is 0. The Morgan fingerprint density at radius 3 is 1.38 bits per heavy atom. The predicted molar refractivity (Wildman–Crippen MR) is 103 cm³/mol. The maximum Gasteiger partial charge on any atom is 0.679 e. The summed E-state index contributed by atoms with van der Waals surface area (Å²) >= 11 is 0. The Kier molecular flexibility index (Phi) is 16.6. The quantitative estimate of drug-likeness (QED) is 0.226. The molecule has 0 aromatic heterocycles. The van der Waals surface area contributed by atoms with Crippen molar-refractivity contribution in [3.63, 3.8) is 0 Å². The lowest BCUT2D eigenvalue weighted by molar-refractivity contribution is -0.0198. The van der Waals surface area contributed by atoms with E-state index in [9.17, 15) is 0 Å². The van der Waals surface area contributed by atoms with E-state index in [2.05, 4.69) is 13.8 Å². The van der Waals surface area contributed by atoms with Crippen molar-refractivity contribution in [1.29, 1.82) is 0 Å². The Balaban J connectivity index is 3.43. The molecule has 0 aliphatic rings. The Hall–Kier alpha value is 0.0569. The van der Waals surface area contributed by atoms with Crippen LogP contribution in [0.25, 0.3) is 0 Å². The van der Waals surface area contributed by atoms with Crippen molar-refractivity contribution >= 4 is 9.05 Å². The Labute approximate surface area is 152 Å². The highest BCUT2D eigenvalue weighted by molar-refractivity contribution is 6.53. The zero-order valence-electron chi connectivity index (χ0n) is 16.9. The Morgan fingerprint density at radius 1 is 0.625 bits per heavy atom. The van der Waals surface area contributed by atoms with Gasteiger partial charge in [0.1, 0.15) is 0 Å². The first kappa shape index (κ1) is 24.1. The second-order valence-corrected chi connectivity index (χ2v) is 9.18. The van der Waals surface area contributed by atoms with Gasteiger partial charge in [-0.1, -0.05) is 84.0 Å². The molecule has 0 aromatic carbocycles. The molecule has 0 N–H and O–H groups in total. The summed E-state index contributed by atoms with van der Waals surface area (Å²) in [6, 6.07) is 0. The summed E-state index contributed by atoms with van der Waals surface area (Å²) < 4.78 is 21.7. The van der Waals surface area contributed by atoms with E-state index in [0.29, 0.717) is 0 Å². The van der Waals surface area contributed by atoms with Crippen molar-refractivity contribution < 1.29 is 17.7 Å². The summed E-state index contributed by atoms with van der Waals surface area (Å²) in [7, 11) is 1.85. The second kappa shape index (κ2) is 16.5. The molecule has 0 saturated heterocycles. The van der Waals surface area contributed by atoms with Crippen molar-refractivity contribution in [2.24, 2.45) is 0 Å². The first-order valence-corrected chi connectivity index (χ1v) is 11.6. The molecule has 0 fully saturated rings. The van der Waals surface area contributed by atoms with E-state index >= 15 is 0 Å². The molecular formula is C19H42O4Si. The molecule has 24 heavy (non-hydrogen) atoms. The minimum atomic E-state index is -2.88. The van der Waals surface area contributed by atoms with Gasteiger partial charge in [0.2, 0.25) is 0 Å². The molecule has 0 aliphatic heterocycles. The van der Waals surface area contributed by atoms with Gasteiger partial charge in [-0.25, -0.2) is 0 Å². The van der Waals surface area contributed by atoms with E-state index in [0.717, 1.165) is 6.42 Å². The average Bonchev–Trinajstić information content (AvgIpc) is 2.60. The van der Waals surface area contributed by atoms with Crippen LogP contribution in [-0.4, -0.2) is 36.5 Å². The average molecular weight is 363 g/mol. The predicted octanol–water partition coefficient (Wildman–Crippen LogP) is 5.86. The zero-order chi connectivity index (χ0) is 18.1. The lowest BCUT2D eigenvalue weighted by atomic mass is 10.0. The third kappa shape index (κ3) is 12.4. The molecule has 0 amide bonds. The van der Waals surface area contributed by atoms with Crippen LogP contribution in [0.5, 0.6) is 0 Å². The summed E-state index contributed by atoms with van der Waals surface area (Å²) in [5.74, 6) is 0. The summed E-state index contributed by atoms with van der Waals surface area (Å²) in [6.45, 7) is 4.34. The molecule has 1 atom stereocenters. The van der Waals surface area contributed by atoms with Gasteiger partial charge in [0.15, 0.2) is 0 Å². The summed E-state index contributed by atoms with van der Waals surface area (Å²) in [6.07, 6.45) is 17.6. The van der Waals surface area contributed by atoms with E-state index in [1.807, 2.05) is 0 Å². The zero-order valence-corrected chi connectivity index (χ0v) is 17.9. The van der Waals surface area contributed by atoms with E-state index in [-0.39, 0.29) is 6.10 Å². The van der Waals surface area contributed by atoms with Gasteiger partial charge in [0, 0.05) is 27.4 Å². The maximum atomic E-state index is 5.86. The molecule has 0 aliphatic carbocycles. The number of unbranched alkanes of at least 4 members (excludes halogenated alkanes) is 11. The fourth-order valence-corrected chi connectivity index (χ4v) is 4.37. The Morgan fingerprint density at radius 2 is 1.00 bits per heavy atom. The molecule has 0 heterocycles. The van der Waals surface area contributed by atoms with Gasteiger partial charge in [0.25, 0.3) is 0 Å². The topological polar surface area (TPSA) is 36.9 Å². The molecule has 0 bridgehead atoms. The molecule has 4 nitrogen and oxygen atoms in total. The molecule has 5 heteroatoms. The summed E-state index contributed by atoms with van der Waals surface area (Å²) in [4.78, 5) is 0. The largest absolute Gasteiger partial charge is 0.679 e. The van der Waals surface area contributed by atoms with Crippen LogP contribution in [-0.2, 0) is 17.7 Å². The molecule has 1 unspecified atom stereocenters. The first-order chi connectivity index (χ1) is 11.6. The van der Waals surface area contributed by atoms with E-state index in [1.165, 1.54) is 77.0 Å². The highest BCUT2D eigenvalue weighted by Gasteiger charge is 2.43. The molecule has 0 radical (unpaired) electrons. The van der Waals surface area contributed by atoms with Crippen LogP contribution in [0.15, 0.2) is 0 Å². The number of rotatable bonds is 18. The highest BCUT2D eigenvalue weighted by Crippen LogP contribution is 2.17. The van der Waals surface area contributed by atoms with Gasteiger partial charge in [-0.2, -0.15) is 0 Å². The van der Waals surface area contributed by atoms with Gasteiger partial charge < -0.3 is 17.7 Å². The SMILES string of the molecule is CCCCCCCCCCCCCCC(C)O[Si](OC)(OC)OC. The van der Waals surface area contributed by atoms with Crippen LogP contribution in [0.4, 0.5) is 0 Å². The molecule has 0 spiro atoms. The lowest BCUT2D eigenvalue weighted by Crippen LogP contribution is -2.48. The lowest BCUT2D eigenvalue weighted by Gasteiger charge is -2.26. The minimum Gasteiger partial charge on any atom is -0.355 e. The van der Waals surface area contributed by atoms with Gasteiger partial charge in [-0.15, -0.1) is 0 Å². The first-order valence-electron chi connectivity index (χ1n) is 9.97. The second-order valence-electron chi connectivity index (χ2n) is 6.72. The van der Waals surface area contributed by atoms with Crippen molar-refractivity contribution in [1.82, 2.24) is 0 Å². The molecular weight excluding hydrogens is 320 g/mol. The van der Waals surface area contributed by atoms with Crippen LogP contribution in [0, 0.1) is 0 Å². The monoisotopic (exact) mass is 362 g/mol. The number of hydrogen-bond acceptors (Lipinski definition) is 4. The highest BCUT2D eigenvalue weighted by atomic mass is 28.4. The van der Waals surface area contributed by atoms with Crippen LogP contribution >= 0.6 is 0 Å². The van der Waals surface area contributed by atoms with E-state index < -0.39 is 9.05 Å². The van der Waals surface area contributed by atoms with Gasteiger partial charge in [0.05, 0.1) is 0 Å². The normalized spacial score (nSPS) is 13.4. The van der Waals surface area contributed by atoms with Crippen LogP contribution < -0.4 is 0 Å². The van der Waals surface area contributed by atoms with Crippen LogP contribution in [0.3, 0.4) is 0 Å². The van der Waals surface area contributed by atoms with Crippen molar-refractivity contribution in [2.75, 3.05) is 21.3 Å². The standard InChI is InChI=1S/C19H42O4Si/c1-6-7-8-9-10-11-12-13-14-15-16-17-18-19(2)23-24(20-3,21-4)22-5/h19H,6-18H2,1-5H3. The van der Waals surface area contributed by atoms with Gasteiger partial charge in [-0.3, -0.25) is 0 Å². The maximum absolute atomic E-state index is 5.86. The van der Waals surface area contributed by atoms with Crippen LogP contribution in [0.2, 0.25) is 0 Å². The van der Waals surface area contributed by atoms with Crippen LogP contribution in [0.1, 0.15) is 97.3 Å². The van der Waals surface area contributed by atoms with E-state index in [1.54, 1.807) is 21.3 Å². The smallest absolute Gasteiger partial charge is 0.355 e. The molecule has 146 valence electrons. The third-order valence-corrected chi connectivity index (χ3v) is 6.75. The van der Waals surface area contributed by atoms with Gasteiger partial charge in [-0.05, 0) is 13.3 Å². The fraction of sp³-hybridized carbons (Fsp3) is 1.00. The van der Waals surface area contributed by atoms with Gasteiger partial charge >= 0.3 is 9.05 Å². The molecule has 0 rings (SSSR count). The Bertz CT molecular complexity index is 251. The molecule has 0 saturated carbocycles. The van der Waals surface area contributed by atoms with E-state index in [4.69, 9.17) is 17.7 Å². The summed E-state index contributed by atoms with van der Waals surface area (Å²) in [5.41, 5.74) is 0. The number of hydrogen-bond donors (Lipinski definition) is 0. The fourth-order valence-electron chi connectivity index (χ4n) is 2.97. The van der Waals surface area contributed by atoms with Crippen molar-refractivity contribution in [3.05, 3.63) is 0 Å². The minimum absolute atomic E-state index is 0.111. The third-order valence-electron chi connectivity index (χ3n) is 4.56. The van der Waals surface area contributed by atoms with Crippen molar-refractivity contribution in [2.45, 2.75) is 103 Å².